The number of imidazole rings is 1. The van der Waals surface area contributed by atoms with Crippen LogP contribution >= 0.6 is 0 Å². The van der Waals surface area contributed by atoms with Crippen LogP contribution in [0.25, 0.3) is 22.2 Å². The van der Waals surface area contributed by atoms with Crippen molar-refractivity contribution in [3.8, 4) is 16.9 Å². The molecule has 1 atom stereocenters. The predicted molar refractivity (Wildman–Crippen MR) is 128 cm³/mol. The van der Waals surface area contributed by atoms with Gasteiger partial charge in [-0.15, -0.1) is 0 Å². The van der Waals surface area contributed by atoms with Gasteiger partial charge in [-0.25, -0.2) is 9.97 Å². The third-order valence-electron chi connectivity index (χ3n) is 6.73. The van der Waals surface area contributed by atoms with Crippen LogP contribution in [0.5, 0.6) is 5.75 Å². The number of anilines is 1. The van der Waals surface area contributed by atoms with Crippen LogP contribution in [-0.2, 0) is 6.42 Å². The topological polar surface area (TPSA) is 55.2 Å². The minimum atomic E-state index is -2.86. The van der Waals surface area contributed by atoms with Crippen molar-refractivity contribution in [3.63, 3.8) is 0 Å². The lowest BCUT2D eigenvalue weighted by Crippen LogP contribution is -2.43. The number of pyridine rings is 1. The van der Waals surface area contributed by atoms with E-state index >= 15 is 0 Å². The number of benzene rings is 2. The maximum absolute atomic E-state index is 13.0. The summed E-state index contributed by atoms with van der Waals surface area (Å²) in [6.07, 6.45) is 3.51. The van der Waals surface area contributed by atoms with E-state index in [2.05, 4.69) is 39.0 Å². The van der Waals surface area contributed by atoms with Crippen molar-refractivity contribution < 1.29 is 13.5 Å². The molecule has 0 saturated carbocycles. The number of aryl methyl sites for hydroxylation is 1. The van der Waals surface area contributed by atoms with E-state index in [4.69, 9.17) is 14.7 Å². The Kier molecular flexibility index (Phi) is 5.37. The van der Waals surface area contributed by atoms with Gasteiger partial charge < -0.3 is 19.5 Å². The average Bonchev–Trinajstić information content (AvgIpc) is 3.44. The van der Waals surface area contributed by atoms with E-state index in [0.29, 0.717) is 0 Å². The van der Waals surface area contributed by atoms with Crippen molar-refractivity contribution in [3.05, 3.63) is 72.2 Å². The first kappa shape index (κ1) is 21.0. The second-order valence-corrected chi connectivity index (χ2v) is 8.71. The average molecular weight is 462 g/mol. The summed E-state index contributed by atoms with van der Waals surface area (Å²) in [5.74, 6) is 2.18. The minimum absolute atomic E-state index is 0.0987. The maximum atomic E-state index is 13.0. The van der Waals surface area contributed by atoms with E-state index < -0.39 is 6.61 Å². The number of para-hydroxylation sites is 1. The Balaban J connectivity index is 1.36. The fourth-order valence-corrected chi connectivity index (χ4v) is 5.13. The SMILES string of the molecule is FC(F)Oc1ccccc1[C@@H]1CCc2nc3ccc(-c4ccc(N5CCNCC5)nc4)cc3n21. The first-order chi connectivity index (χ1) is 16.7. The van der Waals surface area contributed by atoms with Crippen molar-refractivity contribution >= 4 is 16.9 Å². The molecular weight excluding hydrogens is 436 g/mol. The molecule has 0 aliphatic carbocycles. The Morgan fingerprint density at radius 1 is 1.00 bits per heavy atom. The normalized spacial score (nSPS) is 18.0. The van der Waals surface area contributed by atoms with Crippen LogP contribution in [0.2, 0.25) is 0 Å². The lowest BCUT2D eigenvalue weighted by atomic mass is 10.0. The monoisotopic (exact) mass is 461 g/mol. The molecule has 6 nitrogen and oxygen atoms in total. The van der Waals surface area contributed by atoms with Crippen LogP contribution in [0.1, 0.15) is 23.9 Å². The van der Waals surface area contributed by atoms with Crippen LogP contribution in [0.4, 0.5) is 14.6 Å². The predicted octanol–water partition coefficient (Wildman–Crippen LogP) is 4.64. The fraction of sp³-hybridized carbons (Fsp3) is 0.308. The molecule has 174 valence electrons. The number of halogens is 2. The Morgan fingerprint density at radius 2 is 1.82 bits per heavy atom. The number of ether oxygens (including phenoxy) is 1. The van der Waals surface area contributed by atoms with Crippen LogP contribution in [0.15, 0.2) is 60.8 Å². The third-order valence-corrected chi connectivity index (χ3v) is 6.73. The van der Waals surface area contributed by atoms with Gasteiger partial charge in [0.2, 0.25) is 0 Å². The fourth-order valence-electron chi connectivity index (χ4n) is 5.13. The molecule has 0 amide bonds. The van der Waals surface area contributed by atoms with Crippen LogP contribution in [0.3, 0.4) is 0 Å². The summed E-state index contributed by atoms with van der Waals surface area (Å²) in [6.45, 7) is 0.999. The van der Waals surface area contributed by atoms with Gasteiger partial charge in [-0.05, 0) is 42.3 Å². The molecule has 2 aromatic heterocycles. The van der Waals surface area contributed by atoms with Crippen molar-refractivity contribution in [2.75, 3.05) is 31.1 Å². The second kappa shape index (κ2) is 8.68. The smallest absolute Gasteiger partial charge is 0.387 e. The van der Waals surface area contributed by atoms with Gasteiger partial charge in [-0.1, -0.05) is 24.3 Å². The van der Waals surface area contributed by atoms with Crippen LogP contribution in [-0.4, -0.2) is 47.3 Å². The molecule has 8 heteroatoms. The van der Waals surface area contributed by atoms with E-state index in [1.807, 2.05) is 24.4 Å². The molecule has 34 heavy (non-hydrogen) atoms. The minimum Gasteiger partial charge on any atom is -0.434 e. The number of nitrogens with zero attached hydrogens (tertiary/aromatic N) is 4. The molecule has 0 bridgehead atoms. The van der Waals surface area contributed by atoms with Crippen molar-refractivity contribution in [2.24, 2.45) is 0 Å². The second-order valence-electron chi connectivity index (χ2n) is 8.71. The highest BCUT2D eigenvalue weighted by molar-refractivity contribution is 5.83. The Bertz CT molecular complexity index is 1310. The van der Waals surface area contributed by atoms with Gasteiger partial charge in [-0.3, -0.25) is 0 Å². The molecule has 2 aliphatic heterocycles. The summed E-state index contributed by atoms with van der Waals surface area (Å²) in [5, 5.41) is 3.36. The molecule has 0 radical (unpaired) electrons. The molecule has 4 heterocycles. The number of piperazine rings is 1. The standard InChI is InChI=1S/C26H25F2N5O/c27-26(28)34-23-4-2-1-3-19(23)21-8-10-25-31-20-7-5-17(15-22(20)33(21)25)18-6-9-24(30-16-18)32-13-11-29-12-14-32/h1-7,9,15-16,21,26,29H,8,10-14H2/t21-/m0/s1. The zero-order valence-corrected chi connectivity index (χ0v) is 18.6. The highest BCUT2D eigenvalue weighted by Gasteiger charge is 2.29. The van der Waals surface area contributed by atoms with E-state index in [0.717, 1.165) is 78.4 Å². The zero-order valence-electron chi connectivity index (χ0n) is 18.6. The van der Waals surface area contributed by atoms with Crippen molar-refractivity contribution in [1.82, 2.24) is 19.9 Å². The summed E-state index contributed by atoms with van der Waals surface area (Å²) in [7, 11) is 0. The number of rotatable bonds is 5. The van der Waals surface area contributed by atoms with Crippen LogP contribution in [0, 0.1) is 0 Å². The summed E-state index contributed by atoms with van der Waals surface area (Å²) in [4.78, 5) is 11.8. The van der Waals surface area contributed by atoms with E-state index in [1.165, 1.54) is 0 Å². The Morgan fingerprint density at radius 3 is 2.62 bits per heavy atom. The number of alkyl halides is 2. The van der Waals surface area contributed by atoms with Crippen molar-refractivity contribution in [1.29, 1.82) is 0 Å². The van der Waals surface area contributed by atoms with Gasteiger partial charge in [0.15, 0.2) is 0 Å². The first-order valence-electron chi connectivity index (χ1n) is 11.6. The number of hydrogen-bond acceptors (Lipinski definition) is 5. The summed E-state index contributed by atoms with van der Waals surface area (Å²) in [6, 6.07) is 17.4. The van der Waals surface area contributed by atoms with E-state index in [9.17, 15) is 8.78 Å². The maximum Gasteiger partial charge on any atom is 0.387 e. The van der Waals surface area contributed by atoms with E-state index in [1.54, 1.807) is 12.1 Å². The van der Waals surface area contributed by atoms with Gasteiger partial charge in [0.05, 0.1) is 17.1 Å². The molecule has 0 spiro atoms. The highest BCUT2D eigenvalue weighted by Crippen LogP contribution is 2.40. The van der Waals surface area contributed by atoms with Crippen LogP contribution < -0.4 is 15.0 Å². The lowest BCUT2D eigenvalue weighted by Gasteiger charge is -2.28. The largest absolute Gasteiger partial charge is 0.434 e. The molecule has 4 aromatic rings. The Hall–Kier alpha value is -3.52. The molecule has 1 saturated heterocycles. The number of aromatic nitrogens is 3. The molecular formula is C26H25F2N5O. The lowest BCUT2D eigenvalue weighted by molar-refractivity contribution is -0.0506. The first-order valence-corrected chi connectivity index (χ1v) is 11.6. The van der Waals surface area contributed by atoms with E-state index in [-0.39, 0.29) is 11.8 Å². The number of nitrogens with one attached hydrogen (secondary N) is 1. The van der Waals surface area contributed by atoms with Crippen molar-refractivity contribution in [2.45, 2.75) is 25.5 Å². The zero-order chi connectivity index (χ0) is 23.1. The molecule has 2 aromatic carbocycles. The quantitative estimate of drug-likeness (QED) is 0.469. The number of hydrogen-bond donors (Lipinski definition) is 1. The molecule has 0 unspecified atom stereocenters. The summed E-state index contributed by atoms with van der Waals surface area (Å²) in [5.41, 5.74) is 4.74. The van der Waals surface area contributed by atoms with Gasteiger partial charge in [-0.2, -0.15) is 8.78 Å². The third kappa shape index (κ3) is 3.77. The highest BCUT2D eigenvalue weighted by atomic mass is 19.3. The van der Waals surface area contributed by atoms with Gasteiger partial charge >= 0.3 is 6.61 Å². The summed E-state index contributed by atoms with van der Waals surface area (Å²) >= 11 is 0. The number of fused-ring (bicyclic) bond motifs is 3. The summed E-state index contributed by atoms with van der Waals surface area (Å²) < 4.78 is 33.0. The molecule has 2 aliphatic rings. The molecule has 1 N–H and O–H groups in total. The van der Waals surface area contributed by atoms with Gasteiger partial charge in [0.1, 0.15) is 17.4 Å². The molecule has 1 fully saturated rings. The Labute approximate surface area is 196 Å². The van der Waals surface area contributed by atoms with Gasteiger partial charge in [0, 0.05) is 49.9 Å². The van der Waals surface area contributed by atoms with Gasteiger partial charge in [0.25, 0.3) is 0 Å². The molecule has 6 rings (SSSR count).